The van der Waals surface area contributed by atoms with Crippen molar-refractivity contribution in [1.82, 2.24) is 0 Å². The van der Waals surface area contributed by atoms with E-state index in [0.717, 1.165) is 32.1 Å². The standard InChI is InChI=1S/C45H86O9/c1-5-9-13-17-19-25-34-51-45(52-35-26-20-18-14-10-6-2)32-31-44(49)54-39-41(37-46)38-53-43(48)30-24-23-29-42(47)50-36-33-40(27-21-15-11-7-3)28-22-16-12-8-4/h40-41,45-46H,5-39H2,1-4H3. The fraction of sp³-hybridized carbons (Fsp3) is 0.933. The van der Waals surface area contributed by atoms with Crippen LogP contribution in [0.5, 0.6) is 0 Å². The van der Waals surface area contributed by atoms with Gasteiger partial charge in [-0.25, -0.2) is 0 Å². The molecule has 0 saturated heterocycles. The van der Waals surface area contributed by atoms with Gasteiger partial charge in [0.15, 0.2) is 6.29 Å². The first-order valence-corrected chi connectivity index (χ1v) is 22.7. The summed E-state index contributed by atoms with van der Waals surface area (Å²) in [6, 6.07) is 0. The van der Waals surface area contributed by atoms with Gasteiger partial charge in [-0.3, -0.25) is 14.4 Å². The maximum Gasteiger partial charge on any atom is 0.305 e. The Labute approximate surface area is 332 Å². The molecule has 0 heterocycles. The van der Waals surface area contributed by atoms with Crippen molar-refractivity contribution in [3.05, 3.63) is 0 Å². The van der Waals surface area contributed by atoms with E-state index in [9.17, 15) is 19.5 Å². The molecule has 0 aromatic carbocycles. The van der Waals surface area contributed by atoms with Crippen molar-refractivity contribution in [1.29, 1.82) is 0 Å². The van der Waals surface area contributed by atoms with Crippen molar-refractivity contribution in [2.24, 2.45) is 11.8 Å². The van der Waals surface area contributed by atoms with Gasteiger partial charge in [0.2, 0.25) is 0 Å². The topological polar surface area (TPSA) is 118 Å². The molecule has 54 heavy (non-hydrogen) atoms. The minimum atomic E-state index is -0.501. The van der Waals surface area contributed by atoms with Crippen LogP contribution in [0.15, 0.2) is 0 Å². The number of esters is 3. The van der Waals surface area contributed by atoms with Crippen LogP contribution >= 0.6 is 0 Å². The lowest BCUT2D eigenvalue weighted by Crippen LogP contribution is -2.25. The summed E-state index contributed by atoms with van der Waals surface area (Å²) in [5.41, 5.74) is 0. The van der Waals surface area contributed by atoms with Crippen molar-refractivity contribution in [3.63, 3.8) is 0 Å². The quantitative estimate of drug-likeness (QED) is 0.0280. The van der Waals surface area contributed by atoms with E-state index < -0.39 is 24.1 Å². The molecule has 0 aliphatic carbocycles. The van der Waals surface area contributed by atoms with E-state index in [1.54, 1.807) is 0 Å². The second kappa shape index (κ2) is 40.9. The average molecular weight is 771 g/mol. The number of aliphatic hydroxyl groups is 1. The maximum absolute atomic E-state index is 12.6. The predicted molar refractivity (Wildman–Crippen MR) is 219 cm³/mol. The summed E-state index contributed by atoms with van der Waals surface area (Å²) in [7, 11) is 0. The van der Waals surface area contributed by atoms with Crippen molar-refractivity contribution >= 4 is 17.9 Å². The van der Waals surface area contributed by atoms with Crippen LogP contribution in [0, 0.1) is 11.8 Å². The lowest BCUT2D eigenvalue weighted by Gasteiger charge is -2.19. The van der Waals surface area contributed by atoms with Gasteiger partial charge in [0.25, 0.3) is 0 Å². The van der Waals surface area contributed by atoms with Gasteiger partial charge >= 0.3 is 17.9 Å². The molecule has 0 spiro atoms. The van der Waals surface area contributed by atoms with Crippen LogP contribution < -0.4 is 0 Å². The fourth-order valence-electron chi connectivity index (χ4n) is 6.47. The summed E-state index contributed by atoms with van der Waals surface area (Å²) >= 11 is 0. The average Bonchev–Trinajstić information content (AvgIpc) is 3.17. The Kier molecular flexibility index (Phi) is 39.6. The summed E-state index contributed by atoms with van der Waals surface area (Å²) < 4.78 is 28.3. The van der Waals surface area contributed by atoms with E-state index in [1.807, 2.05) is 0 Å². The third kappa shape index (κ3) is 36.0. The summed E-state index contributed by atoms with van der Waals surface area (Å²) in [5.74, 6) is -0.870. The minimum Gasteiger partial charge on any atom is -0.466 e. The Bertz CT molecular complexity index is 806. The van der Waals surface area contributed by atoms with Gasteiger partial charge in [0.1, 0.15) is 0 Å². The van der Waals surface area contributed by atoms with Gasteiger partial charge in [0.05, 0.1) is 38.8 Å². The number of unbranched alkanes of at least 4 members (excludes halogenated alkanes) is 17. The smallest absolute Gasteiger partial charge is 0.305 e. The van der Waals surface area contributed by atoms with Crippen molar-refractivity contribution in [3.8, 4) is 0 Å². The Morgan fingerprint density at radius 3 is 1.28 bits per heavy atom. The Morgan fingerprint density at radius 1 is 0.407 bits per heavy atom. The molecule has 0 aliphatic heterocycles. The highest BCUT2D eigenvalue weighted by Gasteiger charge is 2.17. The molecule has 9 nitrogen and oxygen atoms in total. The molecule has 1 atom stereocenters. The maximum atomic E-state index is 12.6. The van der Waals surface area contributed by atoms with Crippen molar-refractivity contribution in [2.45, 2.75) is 220 Å². The number of rotatable bonds is 42. The Balaban J connectivity index is 4.32. The molecule has 0 saturated carbocycles. The zero-order valence-corrected chi connectivity index (χ0v) is 35.7. The number of carbonyl (C=O) groups excluding carboxylic acids is 3. The second-order valence-corrected chi connectivity index (χ2v) is 15.4. The molecule has 0 aromatic heterocycles. The molecule has 0 radical (unpaired) electrons. The summed E-state index contributed by atoms with van der Waals surface area (Å²) in [6.45, 7) is 10.3. The number of hydrogen-bond donors (Lipinski definition) is 1. The van der Waals surface area contributed by atoms with Crippen LogP contribution in [-0.4, -0.2) is 68.9 Å². The Hall–Kier alpha value is -1.71. The third-order valence-corrected chi connectivity index (χ3v) is 10.1. The largest absolute Gasteiger partial charge is 0.466 e. The lowest BCUT2D eigenvalue weighted by molar-refractivity contribution is -0.161. The van der Waals surface area contributed by atoms with Crippen LogP contribution in [0.2, 0.25) is 0 Å². The van der Waals surface area contributed by atoms with Gasteiger partial charge in [-0.05, 0) is 38.0 Å². The molecule has 0 aliphatic rings. The van der Waals surface area contributed by atoms with Crippen molar-refractivity contribution < 1.29 is 43.2 Å². The second-order valence-electron chi connectivity index (χ2n) is 15.4. The highest BCUT2D eigenvalue weighted by Crippen LogP contribution is 2.22. The van der Waals surface area contributed by atoms with Gasteiger partial charge < -0.3 is 28.8 Å². The van der Waals surface area contributed by atoms with Gasteiger partial charge in [-0.1, -0.05) is 156 Å². The third-order valence-electron chi connectivity index (χ3n) is 10.1. The number of aliphatic hydroxyl groups excluding tert-OH is 1. The lowest BCUT2D eigenvalue weighted by atomic mass is 9.92. The van der Waals surface area contributed by atoms with E-state index >= 15 is 0 Å². The number of hydrogen-bond acceptors (Lipinski definition) is 9. The van der Waals surface area contributed by atoms with E-state index in [0.29, 0.717) is 45.0 Å². The van der Waals surface area contributed by atoms with E-state index in [1.165, 1.54) is 116 Å². The molecule has 1 unspecified atom stereocenters. The van der Waals surface area contributed by atoms with Gasteiger partial charge in [-0.2, -0.15) is 0 Å². The van der Waals surface area contributed by atoms with Crippen LogP contribution in [0.1, 0.15) is 214 Å². The molecule has 1 N–H and O–H groups in total. The molecule has 0 amide bonds. The van der Waals surface area contributed by atoms with Crippen LogP contribution in [0.3, 0.4) is 0 Å². The summed E-state index contributed by atoms with van der Waals surface area (Å²) in [5, 5.41) is 9.78. The highest BCUT2D eigenvalue weighted by molar-refractivity contribution is 5.70. The van der Waals surface area contributed by atoms with Crippen LogP contribution in [0.4, 0.5) is 0 Å². The first-order chi connectivity index (χ1) is 26.4. The van der Waals surface area contributed by atoms with E-state index in [2.05, 4.69) is 27.7 Å². The molecule has 320 valence electrons. The molecule has 0 fully saturated rings. The first kappa shape index (κ1) is 52.3. The zero-order chi connectivity index (χ0) is 39.7. The molecule has 0 aromatic rings. The molecule has 0 bridgehead atoms. The Morgan fingerprint density at radius 2 is 0.815 bits per heavy atom. The van der Waals surface area contributed by atoms with Gasteiger partial charge in [-0.15, -0.1) is 0 Å². The summed E-state index contributed by atoms with van der Waals surface area (Å²) in [6.07, 6.45) is 29.3. The predicted octanol–water partition coefficient (Wildman–Crippen LogP) is 11.6. The molecular formula is C45H86O9. The van der Waals surface area contributed by atoms with Crippen molar-refractivity contribution in [2.75, 3.05) is 39.6 Å². The monoisotopic (exact) mass is 771 g/mol. The van der Waals surface area contributed by atoms with Crippen LogP contribution in [-0.2, 0) is 38.1 Å². The van der Waals surface area contributed by atoms with E-state index in [4.69, 9.17) is 23.7 Å². The van der Waals surface area contributed by atoms with Crippen LogP contribution in [0.25, 0.3) is 0 Å². The number of ether oxygens (including phenoxy) is 5. The number of carbonyl (C=O) groups is 3. The molecule has 9 heteroatoms. The highest BCUT2D eigenvalue weighted by atomic mass is 16.7. The van der Waals surface area contributed by atoms with Gasteiger partial charge in [0, 0.05) is 32.5 Å². The van der Waals surface area contributed by atoms with E-state index in [-0.39, 0.29) is 45.1 Å². The minimum absolute atomic E-state index is 0.0330. The molecular weight excluding hydrogens is 684 g/mol. The zero-order valence-electron chi connectivity index (χ0n) is 35.7. The summed E-state index contributed by atoms with van der Waals surface area (Å²) in [4.78, 5) is 37.2. The molecule has 0 rings (SSSR count). The first-order valence-electron chi connectivity index (χ1n) is 22.7. The SMILES string of the molecule is CCCCCCCCOC(CCC(=O)OCC(CO)COC(=O)CCCCC(=O)OCCC(CCCCCC)CCCCCC)OCCCCCCCC. The normalized spacial score (nSPS) is 12.1. The fourth-order valence-corrected chi connectivity index (χ4v) is 6.47.